The van der Waals surface area contributed by atoms with Gasteiger partial charge in [-0.05, 0) is 12.2 Å². The molecule has 0 radical (unpaired) electrons. The van der Waals surface area contributed by atoms with E-state index in [2.05, 4.69) is 0 Å². The molecule has 0 bridgehead atoms. The predicted octanol–water partition coefficient (Wildman–Crippen LogP) is 0.839. The van der Waals surface area contributed by atoms with Gasteiger partial charge in [0.2, 0.25) is 0 Å². The highest BCUT2D eigenvalue weighted by Gasteiger charge is 2.30. The molecule has 0 spiro atoms. The molecule has 1 fully saturated rings. The number of hydrogen-bond acceptors (Lipinski definition) is 3. The van der Waals surface area contributed by atoms with Crippen molar-refractivity contribution in [3.05, 3.63) is 0 Å². The minimum Gasteiger partial charge on any atom is -0.481 e. The van der Waals surface area contributed by atoms with E-state index in [0.29, 0.717) is 5.75 Å². The van der Waals surface area contributed by atoms with E-state index >= 15 is 0 Å². The Balaban J connectivity index is 2.51. The summed E-state index contributed by atoms with van der Waals surface area (Å²) in [5, 5.41) is 8.75. The third-order valence-electron chi connectivity index (χ3n) is 1.91. The summed E-state index contributed by atoms with van der Waals surface area (Å²) in [4.78, 5) is 10.6. The number of methoxy groups -OCH3 is 1. The lowest BCUT2D eigenvalue weighted by Crippen LogP contribution is -2.35. The third kappa shape index (κ3) is 2.10. The zero-order valence-corrected chi connectivity index (χ0v) is 7.26. The number of hydrogen-bond donors (Lipinski definition) is 1. The monoisotopic (exact) mass is 176 g/mol. The normalized spacial score (nSPS) is 31.7. The average molecular weight is 176 g/mol. The van der Waals surface area contributed by atoms with Crippen molar-refractivity contribution < 1.29 is 14.6 Å². The first kappa shape index (κ1) is 8.87. The quantitative estimate of drug-likeness (QED) is 0.677. The highest BCUT2D eigenvalue weighted by atomic mass is 32.2. The molecule has 0 aromatic carbocycles. The molecule has 1 rings (SSSR count). The van der Waals surface area contributed by atoms with E-state index in [-0.39, 0.29) is 12.0 Å². The minimum absolute atomic E-state index is 0.0752. The zero-order chi connectivity index (χ0) is 8.27. The number of carbonyl (C=O) groups is 1. The molecule has 64 valence electrons. The van der Waals surface area contributed by atoms with Crippen LogP contribution >= 0.6 is 11.8 Å². The fraction of sp³-hybridized carbons (Fsp3) is 0.857. The molecule has 0 aromatic heterocycles. The molecule has 2 atom stereocenters. The maximum Gasteiger partial charge on any atom is 0.309 e. The average Bonchev–Trinajstić information content (AvgIpc) is 2.04. The summed E-state index contributed by atoms with van der Waals surface area (Å²) in [5.74, 6) is 0.665. The van der Waals surface area contributed by atoms with Crippen molar-refractivity contribution in [1.29, 1.82) is 0 Å². The van der Waals surface area contributed by atoms with Crippen LogP contribution in [-0.2, 0) is 9.53 Å². The Hall–Kier alpha value is -0.220. The molecule has 1 aliphatic rings. The standard InChI is InChI=1S/C7H12O3S/c1-10-6-2-3-11-4-5(6)7(8)9/h5-6H,2-4H2,1H3,(H,8,9). The van der Waals surface area contributed by atoms with Crippen molar-refractivity contribution in [2.45, 2.75) is 12.5 Å². The Morgan fingerprint density at radius 2 is 2.45 bits per heavy atom. The highest BCUT2D eigenvalue weighted by molar-refractivity contribution is 7.99. The summed E-state index contributed by atoms with van der Waals surface area (Å²) in [6.07, 6.45) is 0.784. The number of carboxylic acid groups (broad SMARTS) is 1. The van der Waals surface area contributed by atoms with Crippen LogP contribution in [0.15, 0.2) is 0 Å². The van der Waals surface area contributed by atoms with E-state index in [1.54, 1.807) is 18.9 Å². The summed E-state index contributed by atoms with van der Waals surface area (Å²) < 4.78 is 5.07. The first-order valence-corrected chi connectivity index (χ1v) is 4.74. The molecule has 3 nitrogen and oxygen atoms in total. The Kier molecular flexibility index (Phi) is 3.20. The molecule has 1 saturated heterocycles. The Labute approximate surface area is 70.1 Å². The van der Waals surface area contributed by atoms with Gasteiger partial charge in [0, 0.05) is 12.9 Å². The SMILES string of the molecule is COC1CCSCC1C(=O)O. The molecule has 4 heteroatoms. The van der Waals surface area contributed by atoms with Gasteiger partial charge >= 0.3 is 5.97 Å². The van der Waals surface area contributed by atoms with Gasteiger partial charge in [-0.15, -0.1) is 0 Å². The maximum atomic E-state index is 10.6. The van der Waals surface area contributed by atoms with Crippen molar-refractivity contribution in [3.8, 4) is 0 Å². The van der Waals surface area contributed by atoms with Gasteiger partial charge in [0.1, 0.15) is 0 Å². The van der Waals surface area contributed by atoms with Crippen molar-refractivity contribution in [1.82, 2.24) is 0 Å². The first-order valence-electron chi connectivity index (χ1n) is 3.59. The molecule has 0 saturated carbocycles. The van der Waals surface area contributed by atoms with Gasteiger partial charge in [-0.25, -0.2) is 0 Å². The maximum absolute atomic E-state index is 10.6. The van der Waals surface area contributed by atoms with Gasteiger partial charge < -0.3 is 9.84 Å². The van der Waals surface area contributed by atoms with Crippen LogP contribution in [0.1, 0.15) is 6.42 Å². The van der Waals surface area contributed by atoms with Gasteiger partial charge in [0.15, 0.2) is 0 Å². The van der Waals surface area contributed by atoms with E-state index in [1.165, 1.54) is 0 Å². The minimum atomic E-state index is -0.732. The van der Waals surface area contributed by atoms with E-state index in [0.717, 1.165) is 12.2 Å². The van der Waals surface area contributed by atoms with Crippen LogP contribution in [-0.4, -0.2) is 35.8 Å². The van der Waals surface area contributed by atoms with Crippen LogP contribution < -0.4 is 0 Å². The summed E-state index contributed by atoms with van der Waals surface area (Å²) in [7, 11) is 1.58. The fourth-order valence-corrected chi connectivity index (χ4v) is 2.41. The topological polar surface area (TPSA) is 46.5 Å². The van der Waals surface area contributed by atoms with Gasteiger partial charge in [0.25, 0.3) is 0 Å². The van der Waals surface area contributed by atoms with E-state index in [4.69, 9.17) is 9.84 Å². The van der Waals surface area contributed by atoms with E-state index in [9.17, 15) is 4.79 Å². The molecule has 1 aliphatic heterocycles. The van der Waals surface area contributed by atoms with Crippen molar-refractivity contribution in [3.63, 3.8) is 0 Å². The second kappa shape index (κ2) is 3.97. The lowest BCUT2D eigenvalue weighted by molar-refractivity contribution is -0.145. The van der Waals surface area contributed by atoms with Crippen LogP contribution in [0.5, 0.6) is 0 Å². The van der Waals surface area contributed by atoms with Gasteiger partial charge in [0.05, 0.1) is 12.0 Å². The Morgan fingerprint density at radius 1 is 1.73 bits per heavy atom. The number of aliphatic carboxylic acids is 1. The van der Waals surface area contributed by atoms with Crippen molar-refractivity contribution >= 4 is 17.7 Å². The number of thioether (sulfide) groups is 1. The molecule has 11 heavy (non-hydrogen) atoms. The molecular formula is C7H12O3S. The van der Waals surface area contributed by atoms with Crippen LogP contribution in [0.2, 0.25) is 0 Å². The number of ether oxygens (including phenoxy) is 1. The number of carboxylic acids is 1. The Bertz CT molecular complexity index is 149. The molecule has 0 aliphatic carbocycles. The second-order valence-corrected chi connectivity index (χ2v) is 3.73. The molecule has 1 N–H and O–H groups in total. The van der Waals surface area contributed by atoms with Gasteiger partial charge in [-0.2, -0.15) is 11.8 Å². The fourth-order valence-electron chi connectivity index (χ4n) is 1.23. The van der Waals surface area contributed by atoms with Crippen molar-refractivity contribution in [2.75, 3.05) is 18.6 Å². The largest absolute Gasteiger partial charge is 0.481 e. The predicted molar refractivity (Wildman–Crippen MR) is 43.9 cm³/mol. The lowest BCUT2D eigenvalue weighted by Gasteiger charge is -2.26. The summed E-state index contributed by atoms with van der Waals surface area (Å²) in [6, 6.07) is 0. The van der Waals surface area contributed by atoms with Crippen LogP contribution in [0, 0.1) is 5.92 Å². The summed E-state index contributed by atoms with van der Waals surface area (Å²) in [6.45, 7) is 0. The van der Waals surface area contributed by atoms with Gasteiger partial charge in [-0.1, -0.05) is 0 Å². The molecule has 0 amide bonds. The van der Waals surface area contributed by atoms with E-state index < -0.39 is 5.97 Å². The molecule has 0 aromatic rings. The highest BCUT2D eigenvalue weighted by Crippen LogP contribution is 2.25. The molecule has 2 unspecified atom stereocenters. The summed E-state index contributed by atoms with van der Waals surface area (Å²) >= 11 is 1.69. The zero-order valence-electron chi connectivity index (χ0n) is 6.45. The van der Waals surface area contributed by atoms with Crippen LogP contribution in [0.25, 0.3) is 0 Å². The smallest absolute Gasteiger partial charge is 0.309 e. The Morgan fingerprint density at radius 3 is 2.91 bits per heavy atom. The van der Waals surface area contributed by atoms with Crippen molar-refractivity contribution in [2.24, 2.45) is 5.92 Å². The van der Waals surface area contributed by atoms with Crippen LogP contribution in [0.3, 0.4) is 0 Å². The first-order chi connectivity index (χ1) is 5.25. The van der Waals surface area contributed by atoms with Crippen LogP contribution in [0.4, 0.5) is 0 Å². The van der Waals surface area contributed by atoms with E-state index in [1.807, 2.05) is 0 Å². The number of rotatable bonds is 2. The summed E-state index contributed by atoms with van der Waals surface area (Å²) in [5.41, 5.74) is 0. The lowest BCUT2D eigenvalue weighted by atomic mass is 10.0. The molecule has 1 heterocycles. The van der Waals surface area contributed by atoms with Gasteiger partial charge in [-0.3, -0.25) is 4.79 Å². The third-order valence-corrected chi connectivity index (χ3v) is 3.03. The molecular weight excluding hydrogens is 164 g/mol. The second-order valence-electron chi connectivity index (χ2n) is 2.58.